The smallest absolute Gasteiger partial charge is 0.147 e. The molecule has 0 aromatic carbocycles. The third-order valence-electron chi connectivity index (χ3n) is 2.36. The van der Waals surface area contributed by atoms with Gasteiger partial charge in [-0.25, -0.2) is 4.98 Å². The molecule has 0 saturated carbocycles. The van der Waals surface area contributed by atoms with E-state index in [0.29, 0.717) is 11.1 Å². The van der Waals surface area contributed by atoms with Crippen LogP contribution in [0.25, 0.3) is 0 Å². The summed E-state index contributed by atoms with van der Waals surface area (Å²) in [6.07, 6.45) is 3.68. The number of hydrogen-bond acceptors (Lipinski definition) is 3. The van der Waals surface area contributed by atoms with Crippen molar-refractivity contribution in [2.24, 2.45) is 0 Å². The van der Waals surface area contributed by atoms with Crippen LogP contribution in [-0.2, 0) is 6.54 Å². The van der Waals surface area contributed by atoms with Gasteiger partial charge < -0.3 is 10.2 Å². The highest BCUT2D eigenvalue weighted by atomic mass is 35.5. The number of pyridine rings is 1. The number of likely N-dealkylation sites (N-methyl/N-ethyl adjacent to an activating group) is 1. The van der Waals surface area contributed by atoms with Gasteiger partial charge >= 0.3 is 0 Å². The molecule has 0 fully saturated rings. The maximum atomic E-state index is 6.21. The van der Waals surface area contributed by atoms with Crippen molar-refractivity contribution in [1.82, 2.24) is 10.3 Å². The second-order valence-corrected chi connectivity index (χ2v) is 4.76. The molecule has 0 unspecified atom stereocenters. The highest BCUT2D eigenvalue weighted by molar-refractivity contribution is 6.33. The summed E-state index contributed by atoms with van der Waals surface area (Å²) in [6, 6.07) is 2.41. The molecule has 0 spiro atoms. The lowest BCUT2D eigenvalue weighted by Crippen LogP contribution is -2.22. The van der Waals surface area contributed by atoms with Gasteiger partial charge in [-0.05, 0) is 11.6 Å². The van der Waals surface area contributed by atoms with E-state index in [2.05, 4.69) is 30.7 Å². The number of hydrogen-bond donors (Lipinski definition) is 1. The summed E-state index contributed by atoms with van der Waals surface area (Å²) in [7, 11) is 1.95. The van der Waals surface area contributed by atoms with Crippen LogP contribution in [0.2, 0.25) is 5.02 Å². The first-order valence-corrected chi connectivity index (χ1v) is 6.12. The average Bonchev–Trinajstić information content (AvgIpc) is 2.26. The Morgan fingerprint density at radius 3 is 2.82 bits per heavy atom. The van der Waals surface area contributed by atoms with Crippen molar-refractivity contribution >= 4 is 17.4 Å². The van der Waals surface area contributed by atoms with Gasteiger partial charge in [-0.1, -0.05) is 31.5 Å². The highest BCUT2D eigenvalue weighted by Crippen LogP contribution is 2.23. The molecule has 0 aliphatic rings. The van der Waals surface area contributed by atoms with Crippen LogP contribution in [0.3, 0.4) is 0 Å². The van der Waals surface area contributed by atoms with Gasteiger partial charge in [0.15, 0.2) is 0 Å². The molecule has 4 heteroatoms. The van der Waals surface area contributed by atoms with Crippen LogP contribution in [0.5, 0.6) is 0 Å². The maximum absolute atomic E-state index is 6.21. The summed E-state index contributed by atoms with van der Waals surface area (Å²) in [5.74, 6) is 0.792. The number of aromatic nitrogens is 1. The Bertz CT molecular complexity index is 377. The summed E-state index contributed by atoms with van der Waals surface area (Å²) < 4.78 is 0. The van der Waals surface area contributed by atoms with Crippen molar-refractivity contribution < 1.29 is 0 Å². The second kappa shape index (κ2) is 6.62. The van der Waals surface area contributed by atoms with E-state index >= 15 is 0 Å². The molecule has 0 radical (unpaired) electrons. The molecule has 0 atom stereocenters. The van der Waals surface area contributed by atoms with Crippen molar-refractivity contribution in [3.63, 3.8) is 0 Å². The van der Waals surface area contributed by atoms with Gasteiger partial charge in [0, 0.05) is 32.4 Å². The molecule has 0 aliphatic heterocycles. The Balaban J connectivity index is 2.75. The quantitative estimate of drug-likeness (QED) is 0.791. The molecule has 0 saturated heterocycles. The van der Waals surface area contributed by atoms with Crippen LogP contribution < -0.4 is 10.2 Å². The normalized spacial score (nSPS) is 10.6. The predicted octanol–water partition coefficient (Wildman–Crippen LogP) is 2.86. The maximum Gasteiger partial charge on any atom is 0.147 e. The number of nitrogens with one attached hydrogen (secondary N) is 1. The van der Waals surface area contributed by atoms with Gasteiger partial charge in [0.2, 0.25) is 0 Å². The summed E-state index contributed by atoms with van der Waals surface area (Å²) in [5.41, 5.74) is 1.10. The molecule has 0 aliphatic carbocycles. The highest BCUT2D eigenvalue weighted by Gasteiger charge is 2.07. The number of nitrogens with zero attached hydrogens (tertiary/aromatic N) is 2. The summed E-state index contributed by atoms with van der Waals surface area (Å²) in [4.78, 5) is 6.35. The molecule has 1 N–H and O–H groups in total. The van der Waals surface area contributed by atoms with Gasteiger partial charge in [-0.15, -0.1) is 6.58 Å². The predicted molar refractivity (Wildman–Crippen MR) is 74.7 cm³/mol. The van der Waals surface area contributed by atoms with Crippen molar-refractivity contribution in [3.05, 3.63) is 35.5 Å². The van der Waals surface area contributed by atoms with Crippen LogP contribution >= 0.6 is 11.6 Å². The lowest BCUT2D eigenvalue weighted by atomic mass is 10.2. The first kappa shape index (κ1) is 14.0. The van der Waals surface area contributed by atoms with E-state index in [0.717, 1.165) is 24.5 Å². The van der Waals surface area contributed by atoms with Crippen molar-refractivity contribution in [2.75, 3.05) is 18.5 Å². The molecular formula is C13H20ClN3. The van der Waals surface area contributed by atoms with Crippen molar-refractivity contribution in [1.29, 1.82) is 0 Å². The molecule has 0 amide bonds. The molecule has 17 heavy (non-hydrogen) atoms. The number of anilines is 1. The molecular weight excluding hydrogens is 234 g/mol. The van der Waals surface area contributed by atoms with E-state index in [1.807, 2.05) is 30.3 Å². The van der Waals surface area contributed by atoms with E-state index in [4.69, 9.17) is 11.6 Å². The zero-order valence-electron chi connectivity index (χ0n) is 10.7. The molecule has 1 rings (SSSR count). The van der Waals surface area contributed by atoms with E-state index in [9.17, 15) is 0 Å². The van der Waals surface area contributed by atoms with E-state index in [1.165, 1.54) is 0 Å². The Kier molecular flexibility index (Phi) is 5.45. The number of rotatable bonds is 6. The topological polar surface area (TPSA) is 28.2 Å². The molecule has 0 bridgehead atoms. The van der Waals surface area contributed by atoms with Gasteiger partial charge in [0.25, 0.3) is 0 Å². The van der Waals surface area contributed by atoms with Crippen LogP contribution in [0.4, 0.5) is 5.82 Å². The van der Waals surface area contributed by atoms with Crippen LogP contribution in [-0.4, -0.2) is 24.6 Å². The zero-order chi connectivity index (χ0) is 12.8. The minimum absolute atomic E-state index is 0.455. The lowest BCUT2D eigenvalue weighted by Gasteiger charge is -2.18. The molecule has 1 heterocycles. The van der Waals surface area contributed by atoms with Crippen LogP contribution in [0.15, 0.2) is 24.9 Å². The van der Waals surface area contributed by atoms with Crippen molar-refractivity contribution in [2.45, 2.75) is 26.4 Å². The number of halogens is 1. The fourth-order valence-corrected chi connectivity index (χ4v) is 1.78. The van der Waals surface area contributed by atoms with Crippen LogP contribution in [0.1, 0.15) is 19.4 Å². The van der Waals surface area contributed by atoms with Gasteiger partial charge in [-0.3, -0.25) is 0 Å². The summed E-state index contributed by atoms with van der Waals surface area (Å²) >= 11 is 6.21. The van der Waals surface area contributed by atoms with Gasteiger partial charge in [0.1, 0.15) is 5.82 Å². The minimum atomic E-state index is 0.455. The van der Waals surface area contributed by atoms with Crippen molar-refractivity contribution in [3.8, 4) is 0 Å². The first-order valence-electron chi connectivity index (χ1n) is 5.74. The third kappa shape index (κ3) is 4.36. The molecule has 3 nitrogen and oxygen atoms in total. The Morgan fingerprint density at radius 1 is 1.59 bits per heavy atom. The van der Waals surface area contributed by atoms with Crippen LogP contribution in [0, 0.1) is 0 Å². The fraction of sp³-hybridized carbons (Fsp3) is 0.462. The van der Waals surface area contributed by atoms with E-state index in [1.54, 1.807) is 0 Å². The second-order valence-electron chi connectivity index (χ2n) is 4.35. The monoisotopic (exact) mass is 253 g/mol. The molecule has 94 valence electrons. The zero-order valence-corrected chi connectivity index (χ0v) is 11.5. The first-order chi connectivity index (χ1) is 8.04. The van der Waals surface area contributed by atoms with E-state index < -0.39 is 0 Å². The molecule has 1 aromatic heterocycles. The average molecular weight is 254 g/mol. The fourth-order valence-electron chi connectivity index (χ4n) is 1.45. The van der Waals surface area contributed by atoms with Gasteiger partial charge in [-0.2, -0.15) is 0 Å². The Hall–Kier alpha value is -1.06. The third-order valence-corrected chi connectivity index (χ3v) is 2.64. The standard InChI is InChI=1S/C13H20ClN3/c1-5-6-17(4)13-12(14)7-11(9-16-13)8-15-10(2)3/h5,7,9-10,15H,1,6,8H2,2-4H3. The van der Waals surface area contributed by atoms with Gasteiger partial charge in [0.05, 0.1) is 5.02 Å². The molecule has 1 aromatic rings. The van der Waals surface area contributed by atoms with E-state index in [-0.39, 0.29) is 0 Å². The Labute approximate surface area is 108 Å². The largest absolute Gasteiger partial charge is 0.355 e. The Morgan fingerprint density at radius 2 is 2.29 bits per heavy atom. The lowest BCUT2D eigenvalue weighted by molar-refractivity contribution is 0.588. The SMILES string of the molecule is C=CCN(C)c1ncc(CNC(C)C)cc1Cl. The minimum Gasteiger partial charge on any atom is -0.355 e. The summed E-state index contributed by atoms with van der Waals surface area (Å²) in [6.45, 7) is 9.44. The summed E-state index contributed by atoms with van der Waals surface area (Å²) in [5, 5.41) is 4.01.